The Kier molecular flexibility index (Phi) is 6.30. The van der Waals surface area contributed by atoms with Gasteiger partial charge in [0.05, 0.1) is 19.9 Å². The Morgan fingerprint density at radius 3 is 2.57 bits per heavy atom. The molecular formula is C25H33N3O2. The second-order valence-corrected chi connectivity index (χ2v) is 8.22. The van der Waals surface area contributed by atoms with Gasteiger partial charge in [-0.1, -0.05) is 6.07 Å². The van der Waals surface area contributed by atoms with Crippen LogP contribution in [0.3, 0.4) is 0 Å². The number of H-pyrrole nitrogens is 1. The topological polar surface area (TPSA) is 49.5 Å². The maximum Gasteiger partial charge on any atom is 0.128 e. The van der Waals surface area contributed by atoms with Crippen LogP contribution in [-0.2, 0) is 0 Å². The van der Waals surface area contributed by atoms with Crippen molar-refractivity contribution < 1.29 is 9.47 Å². The zero-order valence-corrected chi connectivity index (χ0v) is 18.5. The predicted molar refractivity (Wildman–Crippen MR) is 124 cm³/mol. The Morgan fingerprint density at radius 1 is 1.07 bits per heavy atom. The van der Waals surface area contributed by atoms with Crippen LogP contribution in [0.15, 0.2) is 36.4 Å². The van der Waals surface area contributed by atoms with Crippen LogP contribution >= 0.6 is 0 Å². The number of benzene rings is 2. The molecule has 3 aromatic rings. The number of hydrogen-bond acceptors (Lipinski definition) is 4. The summed E-state index contributed by atoms with van der Waals surface area (Å²) in [4.78, 5) is 6.19. The van der Waals surface area contributed by atoms with Crippen molar-refractivity contribution in [3.63, 3.8) is 0 Å². The van der Waals surface area contributed by atoms with Crippen molar-refractivity contribution in [1.82, 2.24) is 15.2 Å². The molecule has 0 unspecified atom stereocenters. The summed E-state index contributed by atoms with van der Waals surface area (Å²) in [5.41, 5.74) is 6.01. The summed E-state index contributed by atoms with van der Waals surface area (Å²) in [6, 6.07) is 12.9. The van der Waals surface area contributed by atoms with Crippen LogP contribution in [-0.4, -0.2) is 57.3 Å². The minimum absolute atomic E-state index is 0.643. The Bertz CT molecular complexity index is 1000. The molecule has 5 heteroatoms. The Balaban J connectivity index is 1.62. The monoisotopic (exact) mass is 407 g/mol. The van der Waals surface area contributed by atoms with E-state index < -0.39 is 0 Å². The first-order chi connectivity index (χ1) is 14.6. The van der Waals surface area contributed by atoms with Crippen molar-refractivity contribution in [3.8, 4) is 22.8 Å². The van der Waals surface area contributed by atoms with E-state index in [-0.39, 0.29) is 0 Å². The smallest absolute Gasteiger partial charge is 0.128 e. The predicted octanol–water partition coefficient (Wildman–Crippen LogP) is 4.56. The summed E-state index contributed by atoms with van der Waals surface area (Å²) in [6.45, 7) is 6.77. The van der Waals surface area contributed by atoms with Gasteiger partial charge >= 0.3 is 0 Å². The third-order valence-electron chi connectivity index (χ3n) is 6.50. The highest BCUT2D eigenvalue weighted by Crippen LogP contribution is 2.39. The van der Waals surface area contributed by atoms with Crippen LogP contribution in [0.5, 0.6) is 11.5 Å². The van der Waals surface area contributed by atoms with Crippen LogP contribution < -0.4 is 14.8 Å². The number of rotatable bonds is 7. The third-order valence-corrected chi connectivity index (χ3v) is 6.50. The Morgan fingerprint density at radius 2 is 1.87 bits per heavy atom. The van der Waals surface area contributed by atoms with E-state index in [0.29, 0.717) is 5.92 Å². The van der Waals surface area contributed by atoms with E-state index in [0.717, 1.165) is 35.8 Å². The fourth-order valence-electron chi connectivity index (χ4n) is 4.64. The molecule has 2 heterocycles. The van der Waals surface area contributed by atoms with E-state index in [1.165, 1.54) is 48.0 Å². The van der Waals surface area contributed by atoms with Gasteiger partial charge < -0.3 is 24.7 Å². The lowest BCUT2D eigenvalue weighted by Crippen LogP contribution is -2.37. The van der Waals surface area contributed by atoms with Crippen LogP contribution in [0.4, 0.5) is 0 Å². The number of likely N-dealkylation sites (N-methyl/N-ethyl adjacent to an activating group) is 1. The summed E-state index contributed by atoms with van der Waals surface area (Å²) < 4.78 is 11.1. The molecule has 1 fully saturated rings. The second kappa shape index (κ2) is 9.11. The summed E-state index contributed by atoms with van der Waals surface area (Å²) in [6.07, 6.45) is 2.46. The van der Waals surface area contributed by atoms with Crippen molar-refractivity contribution >= 4 is 10.9 Å². The van der Waals surface area contributed by atoms with Crippen molar-refractivity contribution in [1.29, 1.82) is 0 Å². The fraction of sp³-hybridized carbons (Fsp3) is 0.440. The lowest BCUT2D eigenvalue weighted by atomic mass is 9.88. The molecule has 1 aliphatic rings. The first kappa shape index (κ1) is 20.8. The number of fused-ring (bicyclic) bond motifs is 1. The van der Waals surface area contributed by atoms with Gasteiger partial charge in [0.2, 0.25) is 0 Å². The first-order valence-corrected chi connectivity index (χ1v) is 10.9. The first-order valence-electron chi connectivity index (χ1n) is 10.9. The standard InChI is InChI=1S/C25H33N3O2/c1-17-21-15-19(18-9-12-28(13-10-18)14-11-26-2)5-7-23(21)27-25(17)22-16-20(29-3)6-8-24(22)30-4/h5-8,15-16,18,26-27H,9-14H2,1-4H3. The number of hydrogen-bond donors (Lipinski definition) is 2. The molecule has 5 nitrogen and oxygen atoms in total. The van der Waals surface area contributed by atoms with Gasteiger partial charge in [-0.05, 0) is 87.3 Å². The van der Waals surface area contributed by atoms with Gasteiger partial charge in [0.15, 0.2) is 0 Å². The molecule has 160 valence electrons. The SMILES string of the molecule is CNCCN1CCC(c2ccc3[nH]c(-c4cc(OC)ccc4OC)c(C)c3c2)CC1. The van der Waals surface area contributed by atoms with Gasteiger partial charge in [0.25, 0.3) is 0 Å². The lowest BCUT2D eigenvalue weighted by Gasteiger charge is -2.32. The largest absolute Gasteiger partial charge is 0.497 e. The van der Waals surface area contributed by atoms with Gasteiger partial charge in [0, 0.05) is 29.6 Å². The normalized spacial score (nSPS) is 15.6. The van der Waals surface area contributed by atoms with Crippen LogP contribution in [0.2, 0.25) is 0 Å². The van der Waals surface area contributed by atoms with Crippen molar-refractivity contribution in [2.24, 2.45) is 0 Å². The fourth-order valence-corrected chi connectivity index (χ4v) is 4.64. The Hall–Kier alpha value is -2.50. The van der Waals surface area contributed by atoms with E-state index in [1.807, 2.05) is 25.2 Å². The number of aromatic nitrogens is 1. The molecule has 1 aromatic heterocycles. The molecule has 0 aliphatic carbocycles. The summed E-state index contributed by atoms with van der Waals surface area (Å²) >= 11 is 0. The number of nitrogens with zero attached hydrogens (tertiary/aromatic N) is 1. The molecule has 0 saturated carbocycles. The average molecular weight is 408 g/mol. The van der Waals surface area contributed by atoms with Gasteiger partial charge in [-0.2, -0.15) is 0 Å². The minimum atomic E-state index is 0.643. The maximum atomic E-state index is 5.62. The zero-order valence-electron chi connectivity index (χ0n) is 18.5. The summed E-state index contributed by atoms with van der Waals surface area (Å²) in [7, 11) is 5.43. The highest BCUT2D eigenvalue weighted by atomic mass is 16.5. The molecule has 2 N–H and O–H groups in total. The third kappa shape index (κ3) is 4.05. The number of likely N-dealkylation sites (tertiary alicyclic amines) is 1. The molecule has 0 radical (unpaired) electrons. The highest BCUT2D eigenvalue weighted by molar-refractivity contribution is 5.92. The van der Waals surface area contributed by atoms with E-state index in [2.05, 4.69) is 40.3 Å². The van der Waals surface area contributed by atoms with E-state index in [1.54, 1.807) is 14.2 Å². The maximum absolute atomic E-state index is 5.62. The number of ether oxygens (including phenoxy) is 2. The summed E-state index contributed by atoms with van der Waals surface area (Å²) in [5, 5.41) is 4.55. The molecule has 1 aliphatic heterocycles. The second-order valence-electron chi connectivity index (χ2n) is 8.22. The Labute approximate surface area is 179 Å². The van der Waals surface area contributed by atoms with Gasteiger partial charge in [-0.3, -0.25) is 0 Å². The van der Waals surface area contributed by atoms with Crippen LogP contribution in [0.25, 0.3) is 22.2 Å². The molecule has 2 aromatic carbocycles. The molecule has 0 spiro atoms. The quantitative estimate of drug-likeness (QED) is 0.603. The molecule has 4 rings (SSSR count). The number of aromatic amines is 1. The van der Waals surface area contributed by atoms with Crippen molar-refractivity contribution in [2.45, 2.75) is 25.7 Å². The molecular weight excluding hydrogens is 374 g/mol. The van der Waals surface area contributed by atoms with Crippen molar-refractivity contribution in [2.75, 3.05) is 47.4 Å². The number of nitrogens with one attached hydrogen (secondary N) is 2. The van der Waals surface area contributed by atoms with Gasteiger partial charge in [-0.25, -0.2) is 0 Å². The molecule has 1 saturated heterocycles. The van der Waals surface area contributed by atoms with Crippen molar-refractivity contribution in [3.05, 3.63) is 47.5 Å². The van der Waals surface area contributed by atoms with Gasteiger partial charge in [0.1, 0.15) is 11.5 Å². The average Bonchev–Trinajstić information content (AvgIpc) is 3.13. The van der Waals surface area contributed by atoms with Gasteiger partial charge in [-0.15, -0.1) is 0 Å². The zero-order chi connectivity index (χ0) is 21.1. The molecule has 0 bridgehead atoms. The van der Waals surface area contributed by atoms with Crippen LogP contribution in [0.1, 0.15) is 29.9 Å². The minimum Gasteiger partial charge on any atom is -0.497 e. The number of aryl methyl sites for hydroxylation is 1. The highest BCUT2D eigenvalue weighted by Gasteiger charge is 2.21. The van der Waals surface area contributed by atoms with E-state index in [9.17, 15) is 0 Å². The number of methoxy groups -OCH3 is 2. The van der Waals surface area contributed by atoms with E-state index >= 15 is 0 Å². The number of piperidine rings is 1. The lowest BCUT2D eigenvalue weighted by molar-refractivity contribution is 0.214. The summed E-state index contributed by atoms with van der Waals surface area (Å²) in [5.74, 6) is 2.32. The molecule has 0 atom stereocenters. The van der Waals surface area contributed by atoms with Crippen LogP contribution in [0, 0.1) is 6.92 Å². The molecule has 30 heavy (non-hydrogen) atoms. The molecule has 0 amide bonds. The van der Waals surface area contributed by atoms with E-state index in [4.69, 9.17) is 9.47 Å².